The molecule has 0 amide bonds. The lowest BCUT2D eigenvalue weighted by Crippen LogP contribution is -2.47. The Bertz CT molecular complexity index is 965. The topological polar surface area (TPSA) is 90.2 Å². The Balaban J connectivity index is 1.86. The fourth-order valence-corrected chi connectivity index (χ4v) is 3.41. The lowest BCUT2D eigenvalue weighted by atomic mass is 10.1. The van der Waals surface area contributed by atoms with Crippen molar-refractivity contribution in [3.8, 4) is 11.5 Å². The van der Waals surface area contributed by atoms with Gasteiger partial charge in [-0.2, -0.15) is 0 Å². The van der Waals surface area contributed by atoms with Gasteiger partial charge in [0.1, 0.15) is 11.5 Å². The molecule has 1 aromatic heterocycles. The third-order valence-corrected chi connectivity index (χ3v) is 4.82. The van der Waals surface area contributed by atoms with Gasteiger partial charge >= 0.3 is 0 Å². The van der Waals surface area contributed by atoms with Crippen molar-refractivity contribution in [2.75, 3.05) is 45.8 Å². The van der Waals surface area contributed by atoms with Crippen LogP contribution in [-0.4, -0.2) is 60.9 Å². The molecule has 0 spiro atoms. The molecule has 1 fully saturated rings. The van der Waals surface area contributed by atoms with Gasteiger partial charge in [0.2, 0.25) is 11.9 Å². The summed E-state index contributed by atoms with van der Waals surface area (Å²) < 4.78 is 17.8. The van der Waals surface area contributed by atoms with Crippen molar-refractivity contribution >= 4 is 11.9 Å². The third kappa shape index (κ3) is 3.29. The zero-order chi connectivity index (χ0) is 19.7. The predicted octanol–water partition coefficient (Wildman–Crippen LogP) is 1.23. The second-order valence-electron chi connectivity index (χ2n) is 6.59. The largest absolute Gasteiger partial charge is 0.497 e. The molecule has 9 nitrogen and oxygen atoms in total. The van der Waals surface area contributed by atoms with Gasteiger partial charge in [0.25, 0.3) is 5.56 Å². The molecule has 28 heavy (non-hydrogen) atoms. The summed E-state index contributed by atoms with van der Waals surface area (Å²) in [6.45, 7) is 4.49. The number of fused-ring (bicyclic) bond motifs is 1. The molecule has 148 valence electrons. The summed E-state index contributed by atoms with van der Waals surface area (Å²) in [5, 5.41) is 3.21. The van der Waals surface area contributed by atoms with Gasteiger partial charge in [-0.15, -0.1) is 0 Å². The van der Waals surface area contributed by atoms with E-state index in [0.717, 1.165) is 5.56 Å². The number of rotatable bonds is 3. The van der Waals surface area contributed by atoms with Crippen LogP contribution >= 0.6 is 0 Å². The summed E-state index contributed by atoms with van der Waals surface area (Å²) in [6, 6.07) is 6.98. The van der Waals surface area contributed by atoms with Crippen molar-refractivity contribution in [2.45, 2.75) is 13.1 Å². The number of anilines is 1. The first kappa shape index (κ1) is 18.3. The minimum Gasteiger partial charge on any atom is -0.497 e. The first-order valence-corrected chi connectivity index (χ1v) is 9.10. The Morgan fingerprint density at radius 3 is 2.68 bits per heavy atom. The van der Waals surface area contributed by atoms with Gasteiger partial charge in [0.05, 0.1) is 27.4 Å². The van der Waals surface area contributed by atoms with E-state index in [1.54, 1.807) is 31.8 Å². The Labute approximate surface area is 162 Å². The third-order valence-electron chi connectivity index (χ3n) is 4.82. The van der Waals surface area contributed by atoms with Crippen LogP contribution in [0, 0.1) is 6.92 Å². The predicted molar refractivity (Wildman–Crippen MR) is 104 cm³/mol. The van der Waals surface area contributed by atoms with E-state index in [2.05, 4.69) is 15.2 Å². The second-order valence-corrected chi connectivity index (χ2v) is 6.59. The zero-order valence-electron chi connectivity index (χ0n) is 16.1. The quantitative estimate of drug-likeness (QED) is 0.850. The summed E-state index contributed by atoms with van der Waals surface area (Å²) >= 11 is 0. The molecule has 2 aromatic rings. The summed E-state index contributed by atoms with van der Waals surface area (Å²) in [4.78, 5) is 24.3. The Morgan fingerprint density at radius 1 is 1.18 bits per heavy atom. The first-order valence-electron chi connectivity index (χ1n) is 9.10. The number of guanidine groups is 1. The lowest BCUT2D eigenvalue weighted by molar-refractivity contribution is 0.0675. The van der Waals surface area contributed by atoms with Crippen molar-refractivity contribution in [2.24, 2.45) is 4.99 Å². The minimum absolute atomic E-state index is 0.178. The number of benzene rings is 1. The van der Waals surface area contributed by atoms with Crippen LogP contribution in [0.5, 0.6) is 11.5 Å². The van der Waals surface area contributed by atoms with Crippen LogP contribution < -0.4 is 20.3 Å². The number of nitrogens with zero attached hydrogens (tertiary/aromatic N) is 4. The SMILES string of the molecule is COc1ccc([C@H]2N=C(N3CCOCC3)Nc3nc(C)cc(=O)n32)c(OC)c1. The van der Waals surface area contributed by atoms with Crippen molar-refractivity contribution in [3.05, 3.63) is 45.9 Å². The molecule has 1 aromatic carbocycles. The van der Waals surface area contributed by atoms with Crippen LogP contribution in [0.25, 0.3) is 0 Å². The van der Waals surface area contributed by atoms with E-state index in [4.69, 9.17) is 19.2 Å². The molecule has 2 aliphatic heterocycles. The molecule has 0 bridgehead atoms. The highest BCUT2D eigenvalue weighted by Gasteiger charge is 2.30. The zero-order valence-corrected chi connectivity index (χ0v) is 16.1. The molecular formula is C19H23N5O4. The highest BCUT2D eigenvalue weighted by molar-refractivity contribution is 5.93. The van der Waals surface area contributed by atoms with E-state index in [1.165, 1.54) is 6.07 Å². The lowest BCUT2D eigenvalue weighted by Gasteiger charge is -2.34. The Kier molecular flexibility index (Phi) is 4.91. The standard InChI is InChI=1S/C19H23N5O4/c1-12-10-16(25)24-17(14-5-4-13(26-2)11-15(14)27-3)21-18(22-19(24)20-12)23-6-8-28-9-7-23/h4-5,10-11,17H,6-9H2,1-3H3,(H,20,21,22)/t17-/m0/s1. The number of morpholine rings is 1. The molecule has 2 aliphatic rings. The maximum atomic E-state index is 12.8. The van der Waals surface area contributed by atoms with E-state index < -0.39 is 6.17 Å². The van der Waals surface area contributed by atoms with Gasteiger partial charge in [-0.1, -0.05) is 0 Å². The van der Waals surface area contributed by atoms with Gasteiger partial charge in [0, 0.05) is 36.5 Å². The fraction of sp³-hybridized carbons (Fsp3) is 0.421. The summed E-state index contributed by atoms with van der Waals surface area (Å²) in [5.41, 5.74) is 1.22. The molecule has 9 heteroatoms. The maximum absolute atomic E-state index is 12.8. The summed E-state index contributed by atoms with van der Waals surface area (Å²) in [6.07, 6.45) is -0.601. The van der Waals surface area contributed by atoms with Crippen molar-refractivity contribution in [1.29, 1.82) is 0 Å². The molecule has 1 atom stereocenters. The highest BCUT2D eigenvalue weighted by atomic mass is 16.5. The molecule has 3 heterocycles. The van der Waals surface area contributed by atoms with Gasteiger partial charge in [-0.3, -0.25) is 14.7 Å². The molecule has 4 rings (SSSR count). The van der Waals surface area contributed by atoms with Gasteiger partial charge in [-0.05, 0) is 19.1 Å². The summed E-state index contributed by atoms with van der Waals surface area (Å²) in [7, 11) is 3.18. The molecule has 0 saturated carbocycles. The fourth-order valence-electron chi connectivity index (χ4n) is 3.41. The highest BCUT2D eigenvalue weighted by Crippen LogP contribution is 2.34. The molecule has 1 N–H and O–H groups in total. The number of aliphatic imine (C=N–C) groups is 1. The van der Waals surface area contributed by atoms with E-state index in [0.29, 0.717) is 55.4 Å². The number of nitrogens with one attached hydrogen (secondary N) is 1. The van der Waals surface area contributed by atoms with E-state index in [1.807, 2.05) is 12.1 Å². The van der Waals surface area contributed by atoms with Crippen LogP contribution in [0.4, 0.5) is 5.95 Å². The average Bonchev–Trinajstić information content (AvgIpc) is 2.72. The minimum atomic E-state index is -0.601. The average molecular weight is 385 g/mol. The number of methoxy groups -OCH3 is 2. The Morgan fingerprint density at radius 2 is 1.96 bits per heavy atom. The number of hydrogen-bond donors (Lipinski definition) is 1. The molecule has 0 aliphatic carbocycles. The van der Waals surface area contributed by atoms with E-state index in [9.17, 15) is 4.79 Å². The van der Waals surface area contributed by atoms with Crippen LogP contribution in [0.3, 0.4) is 0 Å². The molecular weight excluding hydrogens is 362 g/mol. The number of aromatic nitrogens is 2. The number of hydrogen-bond acceptors (Lipinski definition) is 8. The van der Waals surface area contributed by atoms with Crippen LogP contribution in [0.1, 0.15) is 17.4 Å². The van der Waals surface area contributed by atoms with E-state index >= 15 is 0 Å². The maximum Gasteiger partial charge on any atom is 0.257 e. The Hall–Kier alpha value is -3.07. The van der Waals surface area contributed by atoms with Crippen LogP contribution in [0.15, 0.2) is 34.1 Å². The van der Waals surface area contributed by atoms with Crippen molar-refractivity contribution < 1.29 is 14.2 Å². The van der Waals surface area contributed by atoms with Gasteiger partial charge in [0.15, 0.2) is 6.17 Å². The van der Waals surface area contributed by atoms with Crippen LogP contribution in [0.2, 0.25) is 0 Å². The first-order chi connectivity index (χ1) is 13.6. The van der Waals surface area contributed by atoms with Crippen molar-refractivity contribution in [3.63, 3.8) is 0 Å². The summed E-state index contributed by atoms with van der Waals surface area (Å²) in [5.74, 6) is 2.39. The van der Waals surface area contributed by atoms with Gasteiger partial charge in [-0.25, -0.2) is 9.98 Å². The normalized spacial score (nSPS) is 18.8. The van der Waals surface area contributed by atoms with Crippen LogP contribution in [-0.2, 0) is 4.74 Å². The number of aryl methyl sites for hydroxylation is 1. The monoisotopic (exact) mass is 385 g/mol. The molecule has 0 radical (unpaired) electrons. The smallest absolute Gasteiger partial charge is 0.257 e. The second kappa shape index (κ2) is 7.51. The van der Waals surface area contributed by atoms with Gasteiger partial charge < -0.3 is 19.1 Å². The number of ether oxygens (including phenoxy) is 3. The molecule has 1 saturated heterocycles. The van der Waals surface area contributed by atoms with E-state index in [-0.39, 0.29) is 5.56 Å². The van der Waals surface area contributed by atoms with Crippen molar-refractivity contribution in [1.82, 2.24) is 14.5 Å². The molecule has 0 unspecified atom stereocenters.